The molecule has 0 bridgehead atoms. The van der Waals surface area contributed by atoms with Gasteiger partial charge in [-0.25, -0.2) is 9.97 Å². The number of hydrogen-bond donors (Lipinski definition) is 2. The number of hydrogen-bond acceptors (Lipinski definition) is 4. The Bertz CT molecular complexity index is 649. The summed E-state index contributed by atoms with van der Waals surface area (Å²) in [5, 5.41) is 9.12. The van der Waals surface area contributed by atoms with Gasteiger partial charge in [0.25, 0.3) is 11.3 Å². The zero-order chi connectivity index (χ0) is 10.3. The SMILES string of the molecule is O=c1cc(-c2cn[nH]c2)nc2nc[nH]n12. The minimum atomic E-state index is -0.200. The Morgan fingerprint density at radius 2 is 2.33 bits per heavy atom. The van der Waals surface area contributed by atoms with Crippen LogP contribution in [0.2, 0.25) is 0 Å². The fourth-order valence-corrected chi connectivity index (χ4v) is 1.36. The summed E-state index contributed by atoms with van der Waals surface area (Å²) in [5.41, 5.74) is 1.12. The Kier molecular flexibility index (Phi) is 1.46. The Labute approximate surface area is 82.8 Å². The number of aromatic amines is 2. The van der Waals surface area contributed by atoms with E-state index in [1.54, 1.807) is 12.4 Å². The van der Waals surface area contributed by atoms with E-state index in [9.17, 15) is 4.79 Å². The first kappa shape index (κ1) is 7.92. The van der Waals surface area contributed by atoms with Crippen LogP contribution in [-0.2, 0) is 0 Å². The van der Waals surface area contributed by atoms with Gasteiger partial charge in [-0.05, 0) is 0 Å². The van der Waals surface area contributed by atoms with Crippen molar-refractivity contribution < 1.29 is 0 Å². The molecular weight excluding hydrogens is 196 g/mol. The fourth-order valence-electron chi connectivity index (χ4n) is 1.36. The van der Waals surface area contributed by atoms with Crippen LogP contribution in [0.15, 0.2) is 29.6 Å². The molecule has 0 amide bonds. The molecule has 7 heteroatoms. The second kappa shape index (κ2) is 2.77. The van der Waals surface area contributed by atoms with E-state index >= 15 is 0 Å². The molecule has 0 saturated carbocycles. The maximum absolute atomic E-state index is 11.6. The third kappa shape index (κ3) is 1.13. The molecule has 0 fully saturated rings. The number of rotatable bonds is 1. The Hall–Kier alpha value is -2.44. The predicted molar refractivity (Wildman–Crippen MR) is 51.2 cm³/mol. The number of nitrogens with zero attached hydrogens (tertiary/aromatic N) is 4. The average Bonchev–Trinajstić information content (AvgIpc) is 2.88. The summed E-state index contributed by atoms with van der Waals surface area (Å²) < 4.78 is 1.27. The van der Waals surface area contributed by atoms with E-state index in [-0.39, 0.29) is 5.56 Å². The lowest BCUT2D eigenvalue weighted by Gasteiger charge is -1.95. The molecule has 3 aromatic heterocycles. The normalized spacial score (nSPS) is 10.9. The van der Waals surface area contributed by atoms with Crippen LogP contribution in [0.25, 0.3) is 17.0 Å². The van der Waals surface area contributed by atoms with E-state index in [0.29, 0.717) is 11.5 Å². The van der Waals surface area contributed by atoms with Gasteiger partial charge in [0.15, 0.2) is 0 Å². The van der Waals surface area contributed by atoms with Gasteiger partial charge in [0.1, 0.15) is 6.33 Å². The third-order valence-corrected chi connectivity index (χ3v) is 2.06. The Morgan fingerprint density at radius 1 is 1.40 bits per heavy atom. The van der Waals surface area contributed by atoms with E-state index in [1.807, 2.05) is 0 Å². The molecular formula is C8H6N6O. The highest BCUT2D eigenvalue weighted by Gasteiger charge is 2.06. The van der Waals surface area contributed by atoms with Crippen molar-refractivity contribution >= 4 is 5.78 Å². The van der Waals surface area contributed by atoms with E-state index < -0.39 is 0 Å². The van der Waals surface area contributed by atoms with Crippen molar-refractivity contribution in [1.82, 2.24) is 29.8 Å². The lowest BCUT2D eigenvalue weighted by atomic mass is 10.2. The molecule has 15 heavy (non-hydrogen) atoms. The molecule has 7 nitrogen and oxygen atoms in total. The summed E-state index contributed by atoms with van der Waals surface area (Å²) in [6.07, 6.45) is 4.69. The molecule has 0 aliphatic carbocycles. The van der Waals surface area contributed by atoms with Gasteiger partial charge >= 0.3 is 0 Å². The Balaban J connectivity index is 2.34. The maximum atomic E-state index is 11.6. The molecule has 3 heterocycles. The highest BCUT2D eigenvalue weighted by Crippen LogP contribution is 2.12. The smallest absolute Gasteiger partial charge is 0.274 e. The molecule has 0 radical (unpaired) electrons. The van der Waals surface area contributed by atoms with E-state index in [0.717, 1.165) is 5.56 Å². The monoisotopic (exact) mass is 202 g/mol. The van der Waals surface area contributed by atoms with Gasteiger partial charge in [0.2, 0.25) is 0 Å². The second-order valence-corrected chi connectivity index (χ2v) is 2.99. The summed E-state index contributed by atoms with van der Waals surface area (Å²) >= 11 is 0. The van der Waals surface area contributed by atoms with E-state index in [1.165, 1.54) is 16.9 Å². The summed E-state index contributed by atoms with van der Waals surface area (Å²) in [7, 11) is 0. The molecule has 2 N–H and O–H groups in total. The highest BCUT2D eigenvalue weighted by molar-refractivity contribution is 5.58. The van der Waals surface area contributed by atoms with Crippen LogP contribution >= 0.6 is 0 Å². The molecule has 0 saturated heterocycles. The summed E-state index contributed by atoms with van der Waals surface area (Å²) in [5.74, 6) is 0.346. The maximum Gasteiger partial charge on any atom is 0.274 e. The van der Waals surface area contributed by atoms with Crippen LogP contribution in [0.1, 0.15) is 0 Å². The predicted octanol–water partition coefficient (Wildman–Crippen LogP) is -0.192. The first-order chi connectivity index (χ1) is 7.34. The molecule has 0 spiro atoms. The largest absolute Gasteiger partial charge is 0.285 e. The molecule has 74 valence electrons. The average molecular weight is 202 g/mol. The molecule has 0 aromatic carbocycles. The topological polar surface area (TPSA) is 91.7 Å². The molecule has 3 aromatic rings. The first-order valence-electron chi connectivity index (χ1n) is 4.27. The van der Waals surface area contributed by atoms with Crippen molar-refractivity contribution in [2.45, 2.75) is 0 Å². The van der Waals surface area contributed by atoms with Crippen molar-refractivity contribution in [3.05, 3.63) is 35.1 Å². The minimum absolute atomic E-state index is 0.200. The molecule has 0 aliphatic rings. The van der Waals surface area contributed by atoms with Crippen LogP contribution < -0.4 is 5.56 Å². The first-order valence-corrected chi connectivity index (χ1v) is 4.27. The van der Waals surface area contributed by atoms with Gasteiger partial charge in [-0.1, -0.05) is 0 Å². The van der Waals surface area contributed by atoms with Crippen LogP contribution in [0.4, 0.5) is 0 Å². The summed E-state index contributed by atoms with van der Waals surface area (Å²) in [4.78, 5) is 19.7. The summed E-state index contributed by atoms with van der Waals surface area (Å²) in [6, 6.07) is 1.43. The van der Waals surface area contributed by atoms with E-state index in [4.69, 9.17) is 0 Å². The van der Waals surface area contributed by atoms with Gasteiger partial charge in [0.05, 0.1) is 11.9 Å². The number of nitrogens with one attached hydrogen (secondary N) is 2. The van der Waals surface area contributed by atoms with Crippen molar-refractivity contribution in [1.29, 1.82) is 0 Å². The third-order valence-electron chi connectivity index (χ3n) is 2.06. The van der Waals surface area contributed by atoms with Crippen molar-refractivity contribution in [2.75, 3.05) is 0 Å². The van der Waals surface area contributed by atoms with Crippen LogP contribution in [0.5, 0.6) is 0 Å². The molecule has 3 rings (SSSR count). The van der Waals surface area contributed by atoms with Gasteiger partial charge in [0, 0.05) is 17.8 Å². The van der Waals surface area contributed by atoms with Crippen LogP contribution in [0, 0.1) is 0 Å². The zero-order valence-corrected chi connectivity index (χ0v) is 7.51. The molecule has 0 unspecified atom stereocenters. The molecule has 0 atom stereocenters. The van der Waals surface area contributed by atoms with Gasteiger partial charge < -0.3 is 0 Å². The van der Waals surface area contributed by atoms with Gasteiger partial charge in [-0.3, -0.25) is 15.0 Å². The van der Waals surface area contributed by atoms with Gasteiger partial charge in [-0.15, -0.1) is 0 Å². The van der Waals surface area contributed by atoms with Crippen LogP contribution in [-0.4, -0.2) is 29.8 Å². The summed E-state index contributed by atoms with van der Waals surface area (Å²) in [6.45, 7) is 0. The zero-order valence-electron chi connectivity index (χ0n) is 7.51. The number of H-pyrrole nitrogens is 2. The number of fused-ring (bicyclic) bond motifs is 1. The molecule has 0 aliphatic heterocycles. The van der Waals surface area contributed by atoms with Crippen molar-refractivity contribution in [3.8, 4) is 11.3 Å². The number of aromatic nitrogens is 6. The van der Waals surface area contributed by atoms with Crippen molar-refractivity contribution in [3.63, 3.8) is 0 Å². The lowest BCUT2D eigenvalue weighted by Crippen LogP contribution is -2.14. The Morgan fingerprint density at radius 3 is 3.13 bits per heavy atom. The van der Waals surface area contributed by atoms with E-state index in [2.05, 4.69) is 25.3 Å². The minimum Gasteiger partial charge on any atom is -0.285 e. The highest BCUT2D eigenvalue weighted by atomic mass is 16.1. The van der Waals surface area contributed by atoms with Gasteiger partial charge in [-0.2, -0.15) is 9.61 Å². The van der Waals surface area contributed by atoms with Crippen LogP contribution in [0.3, 0.4) is 0 Å². The lowest BCUT2D eigenvalue weighted by molar-refractivity contribution is 0.900. The van der Waals surface area contributed by atoms with Crippen molar-refractivity contribution in [2.24, 2.45) is 0 Å². The second-order valence-electron chi connectivity index (χ2n) is 2.99. The quantitative estimate of drug-likeness (QED) is 0.572. The standard InChI is InChI=1S/C8H6N6O/c15-7-1-6(5-2-10-11-3-5)13-8-9-4-12-14(7)8/h1-4H,(H,10,11)(H,9,12,13). The fraction of sp³-hybridized carbons (Fsp3) is 0.